The normalized spacial score (nSPS) is 14.9. The summed E-state index contributed by atoms with van der Waals surface area (Å²) < 4.78 is 15.2. The number of imidazole rings is 1. The van der Waals surface area contributed by atoms with Crippen LogP contribution in [-0.4, -0.2) is 33.3 Å². The van der Waals surface area contributed by atoms with Crippen LogP contribution in [0.5, 0.6) is 0 Å². The number of carbonyl (C=O) groups is 1. The minimum Gasteiger partial charge on any atom is -0.342 e. The summed E-state index contributed by atoms with van der Waals surface area (Å²) in [6.07, 6.45) is 5.52. The molecule has 1 aliphatic heterocycles. The average Bonchev–Trinajstić information content (AvgIpc) is 3.37. The molecule has 1 amide bonds. The zero-order valence-corrected chi connectivity index (χ0v) is 18.0. The van der Waals surface area contributed by atoms with Crippen LogP contribution in [0.3, 0.4) is 0 Å². The van der Waals surface area contributed by atoms with Crippen molar-refractivity contribution in [2.24, 2.45) is 5.92 Å². The van der Waals surface area contributed by atoms with E-state index in [2.05, 4.69) is 35.3 Å². The molecule has 6 heteroatoms. The van der Waals surface area contributed by atoms with Crippen LogP contribution < -0.4 is 0 Å². The molecule has 5 rings (SSSR count). The lowest BCUT2D eigenvalue weighted by atomic mass is 9.90. The molecule has 0 unspecified atom stereocenters. The zero-order chi connectivity index (χ0) is 21.2. The topological polar surface area (TPSA) is 37.6 Å². The highest BCUT2D eigenvalue weighted by Crippen LogP contribution is 2.26. The summed E-state index contributed by atoms with van der Waals surface area (Å²) in [6.45, 7) is 1.66. The standard InChI is InChI=1S/C25H24FN3OS/c26-21-8-6-20(7-9-21)23-16-29-22(17-31-25(29)27-23)15-24(30)28-12-10-19(11-13-28)14-18-4-2-1-3-5-18/h1-9,16-17,19H,10-15H2. The number of carbonyl (C=O) groups excluding carboxylic acids is 1. The molecular formula is C25H24FN3OS. The highest BCUT2D eigenvalue weighted by atomic mass is 32.1. The second kappa shape index (κ2) is 8.63. The van der Waals surface area contributed by atoms with Gasteiger partial charge < -0.3 is 4.90 Å². The number of hydrogen-bond donors (Lipinski definition) is 0. The fraction of sp³-hybridized carbons (Fsp3) is 0.280. The van der Waals surface area contributed by atoms with Crippen molar-refractivity contribution in [3.05, 3.63) is 83.2 Å². The van der Waals surface area contributed by atoms with E-state index in [1.165, 1.54) is 29.0 Å². The molecule has 3 heterocycles. The minimum atomic E-state index is -0.261. The molecule has 0 spiro atoms. The third-order valence-corrected chi connectivity index (χ3v) is 6.98. The van der Waals surface area contributed by atoms with Gasteiger partial charge in [-0.3, -0.25) is 9.20 Å². The quantitative estimate of drug-likeness (QED) is 0.432. The van der Waals surface area contributed by atoms with E-state index in [9.17, 15) is 9.18 Å². The van der Waals surface area contributed by atoms with Gasteiger partial charge in [-0.15, -0.1) is 11.3 Å². The Morgan fingerprint density at radius 3 is 2.55 bits per heavy atom. The minimum absolute atomic E-state index is 0.176. The van der Waals surface area contributed by atoms with Crippen LogP contribution in [0.2, 0.25) is 0 Å². The van der Waals surface area contributed by atoms with Crippen molar-refractivity contribution < 1.29 is 9.18 Å². The maximum atomic E-state index is 13.2. The van der Waals surface area contributed by atoms with Gasteiger partial charge in [0.2, 0.25) is 5.91 Å². The fourth-order valence-corrected chi connectivity index (χ4v) is 5.19. The number of likely N-dealkylation sites (tertiary alicyclic amines) is 1. The number of fused-ring (bicyclic) bond motifs is 1. The van der Waals surface area contributed by atoms with Gasteiger partial charge >= 0.3 is 0 Å². The molecule has 0 N–H and O–H groups in total. The lowest BCUT2D eigenvalue weighted by molar-refractivity contribution is -0.131. The van der Waals surface area contributed by atoms with E-state index in [1.807, 2.05) is 20.9 Å². The number of halogens is 1. The number of rotatable bonds is 5. The summed E-state index contributed by atoms with van der Waals surface area (Å²) in [7, 11) is 0. The van der Waals surface area contributed by atoms with Crippen molar-refractivity contribution in [1.29, 1.82) is 0 Å². The molecule has 31 heavy (non-hydrogen) atoms. The number of thiazole rings is 1. The molecule has 4 nitrogen and oxygen atoms in total. The third kappa shape index (κ3) is 4.39. The monoisotopic (exact) mass is 433 g/mol. The van der Waals surface area contributed by atoms with Gasteiger partial charge in [-0.2, -0.15) is 0 Å². The van der Waals surface area contributed by atoms with Crippen LogP contribution in [0.25, 0.3) is 16.2 Å². The first-order chi connectivity index (χ1) is 15.2. The van der Waals surface area contributed by atoms with Crippen molar-refractivity contribution >= 4 is 22.2 Å². The Balaban J connectivity index is 1.22. The van der Waals surface area contributed by atoms with Crippen LogP contribution in [0.4, 0.5) is 4.39 Å². The fourth-order valence-electron chi connectivity index (χ4n) is 4.32. The van der Waals surface area contributed by atoms with E-state index < -0.39 is 0 Å². The van der Waals surface area contributed by atoms with Crippen LogP contribution in [0.1, 0.15) is 24.1 Å². The van der Waals surface area contributed by atoms with Crippen molar-refractivity contribution in [3.63, 3.8) is 0 Å². The molecular weight excluding hydrogens is 409 g/mol. The number of piperidine rings is 1. The Bertz CT molecular complexity index is 1170. The van der Waals surface area contributed by atoms with Crippen molar-refractivity contribution in [3.8, 4) is 11.3 Å². The average molecular weight is 434 g/mol. The number of benzene rings is 2. The van der Waals surface area contributed by atoms with Gasteiger partial charge in [-0.05, 0) is 55.0 Å². The molecule has 1 saturated heterocycles. The summed E-state index contributed by atoms with van der Waals surface area (Å²) in [5.41, 5.74) is 4.00. The lowest BCUT2D eigenvalue weighted by Crippen LogP contribution is -2.39. The SMILES string of the molecule is O=C(Cc1csc2nc(-c3ccc(F)cc3)cn12)N1CCC(Cc2ccccc2)CC1. The van der Waals surface area contributed by atoms with Crippen molar-refractivity contribution in [2.75, 3.05) is 13.1 Å². The van der Waals surface area contributed by atoms with Gasteiger partial charge in [0.25, 0.3) is 0 Å². The largest absolute Gasteiger partial charge is 0.342 e. The molecule has 0 radical (unpaired) electrons. The molecule has 1 fully saturated rings. The first kappa shape index (κ1) is 19.9. The van der Waals surface area contributed by atoms with Crippen LogP contribution in [-0.2, 0) is 17.6 Å². The molecule has 0 aliphatic carbocycles. The molecule has 0 bridgehead atoms. The van der Waals surface area contributed by atoms with E-state index in [4.69, 9.17) is 0 Å². The number of aromatic nitrogens is 2. The molecule has 4 aromatic rings. The van der Waals surface area contributed by atoms with E-state index in [0.717, 1.165) is 54.3 Å². The Labute approximate surface area is 185 Å². The number of hydrogen-bond acceptors (Lipinski definition) is 3. The highest BCUT2D eigenvalue weighted by molar-refractivity contribution is 7.15. The number of nitrogens with zero attached hydrogens (tertiary/aromatic N) is 3. The Hall–Kier alpha value is -2.99. The predicted octanol–water partition coefficient (Wildman–Crippen LogP) is 5.23. The summed E-state index contributed by atoms with van der Waals surface area (Å²) in [5, 5.41) is 2.01. The van der Waals surface area contributed by atoms with Crippen LogP contribution in [0.15, 0.2) is 66.2 Å². The maximum absolute atomic E-state index is 13.2. The first-order valence-electron chi connectivity index (χ1n) is 10.7. The maximum Gasteiger partial charge on any atom is 0.228 e. The van der Waals surface area contributed by atoms with Crippen LogP contribution >= 0.6 is 11.3 Å². The third-order valence-electron chi connectivity index (χ3n) is 6.09. The lowest BCUT2D eigenvalue weighted by Gasteiger charge is -2.32. The van der Waals surface area contributed by atoms with E-state index in [-0.39, 0.29) is 11.7 Å². The number of amides is 1. The predicted molar refractivity (Wildman–Crippen MR) is 122 cm³/mol. The van der Waals surface area contributed by atoms with Gasteiger partial charge in [0, 0.05) is 35.9 Å². The van der Waals surface area contributed by atoms with E-state index in [0.29, 0.717) is 12.3 Å². The Morgan fingerprint density at radius 2 is 1.81 bits per heavy atom. The smallest absolute Gasteiger partial charge is 0.228 e. The van der Waals surface area contributed by atoms with Crippen molar-refractivity contribution in [1.82, 2.24) is 14.3 Å². The summed E-state index contributed by atoms with van der Waals surface area (Å²) in [6, 6.07) is 16.9. The molecule has 1 aliphatic rings. The Morgan fingerprint density at radius 1 is 1.06 bits per heavy atom. The van der Waals surface area contributed by atoms with Gasteiger partial charge in [0.05, 0.1) is 12.1 Å². The van der Waals surface area contributed by atoms with Gasteiger partial charge in [-0.1, -0.05) is 30.3 Å². The van der Waals surface area contributed by atoms with Gasteiger partial charge in [0.15, 0.2) is 4.96 Å². The first-order valence-corrected chi connectivity index (χ1v) is 11.6. The Kier molecular flexibility index (Phi) is 5.55. The molecule has 0 saturated carbocycles. The van der Waals surface area contributed by atoms with Gasteiger partial charge in [0.1, 0.15) is 5.82 Å². The zero-order valence-electron chi connectivity index (χ0n) is 17.2. The van der Waals surface area contributed by atoms with E-state index >= 15 is 0 Å². The second-order valence-corrected chi connectivity index (χ2v) is 9.04. The summed E-state index contributed by atoms with van der Waals surface area (Å²) in [4.78, 5) is 20.4. The van der Waals surface area contributed by atoms with Crippen molar-refractivity contribution in [2.45, 2.75) is 25.7 Å². The highest BCUT2D eigenvalue weighted by Gasteiger charge is 2.24. The molecule has 2 aromatic heterocycles. The second-order valence-electron chi connectivity index (χ2n) is 8.20. The summed E-state index contributed by atoms with van der Waals surface area (Å²) in [5.74, 6) is 0.560. The van der Waals surface area contributed by atoms with Gasteiger partial charge in [-0.25, -0.2) is 9.37 Å². The summed E-state index contributed by atoms with van der Waals surface area (Å²) >= 11 is 1.53. The molecule has 0 atom stereocenters. The van der Waals surface area contributed by atoms with Crippen LogP contribution in [0, 0.1) is 11.7 Å². The molecule has 158 valence electrons. The van der Waals surface area contributed by atoms with E-state index in [1.54, 1.807) is 12.1 Å². The molecule has 2 aromatic carbocycles.